The highest BCUT2D eigenvalue weighted by Crippen LogP contribution is 2.31. The van der Waals surface area contributed by atoms with E-state index in [2.05, 4.69) is 11.4 Å². The zero-order chi connectivity index (χ0) is 17.8. The van der Waals surface area contributed by atoms with E-state index in [9.17, 15) is 9.59 Å². The van der Waals surface area contributed by atoms with E-state index in [1.807, 2.05) is 24.0 Å². The van der Waals surface area contributed by atoms with Crippen molar-refractivity contribution in [1.82, 2.24) is 5.32 Å². The molecule has 0 spiro atoms. The van der Waals surface area contributed by atoms with Crippen LogP contribution in [0, 0.1) is 6.92 Å². The van der Waals surface area contributed by atoms with Gasteiger partial charge in [-0.15, -0.1) is 0 Å². The second-order valence-corrected chi connectivity index (χ2v) is 6.68. The minimum absolute atomic E-state index is 0.119. The van der Waals surface area contributed by atoms with E-state index in [1.54, 1.807) is 24.3 Å². The van der Waals surface area contributed by atoms with Gasteiger partial charge in [0.1, 0.15) is 0 Å². The zero-order valence-corrected chi connectivity index (χ0v) is 15.0. The third-order valence-corrected chi connectivity index (χ3v) is 4.71. The number of anilines is 1. The molecule has 0 saturated carbocycles. The number of amides is 2. The van der Waals surface area contributed by atoms with Crippen LogP contribution in [0.15, 0.2) is 42.5 Å². The van der Waals surface area contributed by atoms with E-state index >= 15 is 0 Å². The average molecular weight is 357 g/mol. The van der Waals surface area contributed by atoms with Crippen LogP contribution in [0.5, 0.6) is 0 Å². The van der Waals surface area contributed by atoms with Crippen molar-refractivity contribution in [2.45, 2.75) is 26.2 Å². The summed E-state index contributed by atoms with van der Waals surface area (Å²) >= 11 is 5.81. The van der Waals surface area contributed by atoms with Crippen LogP contribution in [-0.2, 0) is 11.2 Å². The normalized spacial score (nSPS) is 12.8. The molecule has 1 heterocycles. The summed E-state index contributed by atoms with van der Waals surface area (Å²) in [5.74, 6) is -0.0275. The van der Waals surface area contributed by atoms with Gasteiger partial charge in [-0.1, -0.05) is 29.8 Å². The van der Waals surface area contributed by atoms with Crippen molar-refractivity contribution in [3.63, 3.8) is 0 Å². The number of hydrogen-bond acceptors (Lipinski definition) is 2. The van der Waals surface area contributed by atoms with Crippen LogP contribution in [0.3, 0.4) is 0 Å². The lowest BCUT2D eigenvalue weighted by molar-refractivity contribution is -0.118. The van der Waals surface area contributed by atoms with Crippen molar-refractivity contribution in [2.24, 2.45) is 0 Å². The summed E-state index contributed by atoms with van der Waals surface area (Å²) in [5.41, 5.74) is 4.02. The molecule has 130 valence electrons. The van der Waals surface area contributed by atoms with Gasteiger partial charge in [-0.2, -0.15) is 0 Å². The van der Waals surface area contributed by atoms with Gasteiger partial charge in [0.05, 0.1) is 0 Å². The van der Waals surface area contributed by atoms with E-state index in [4.69, 9.17) is 11.6 Å². The molecular formula is C20H21ClN2O2. The van der Waals surface area contributed by atoms with Crippen LogP contribution in [0.1, 0.15) is 34.3 Å². The SMILES string of the molecule is Cc1cccc2c1N(C(=O)CCCNC(=O)c1ccc(Cl)cc1)CC2. The van der Waals surface area contributed by atoms with Crippen LogP contribution in [0.25, 0.3) is 0 Å². The number of nitrogens with zero attached hydrogens (tertiary/aromatic N) is 1. The highest BCUT2D eigenvalue weighted by Gasteiger charge is 2.25. The molecule has 4 nitrogen and oxygen atoms in total. The summed E-state index contributed by atoms with van der Waals surface area (Å²) in [6.45, 7) is 3.26. The van der Waals surface area contributed by atoms with E-state index in [0.29, 0.717) is 30.0 Å². The van der Waals surface area contributed by atoms with Gasteiger partial charge in [0.2, 0.25) is 5.91 Å². The Kier molecular flexibility index (Phi) is 5.39. The Bertz CT molecular complexity index is 787. The first kappa shape index (κ1) is 17.5. The zero-order valence-electron chi connectivity index (χ0n) is 14.2. The first-order valence-electron chi connectivity index (χ1n) is 8.49. The molecule has 1 aliphatic heterocycles. The molecule has 0 aliphatic carbocycles. The summed E-state index contributed by atoms with van der Waals surface area (Å²) in [4.78, 5) is 26.4. The number of halogens is 1. The summed E-state index contributed by atoms with van der Waals surface area (Å²) in [7, 11) is 0. The number of benzene rings is 2. The number of aryl methyl sites for hydroxylation is 1. The molecule has 2 amide bonds. The number of para-hydroxylation sites is 1. The van der Waals surface area contributed by atoms with E-state index in [0.717, 1.165) is 24.2 Å². The minimum atomic E-state index is -0.147. The summed E-state index contributed by atoms with van der Waals surface area (Å²) < 4.78 is 0. The van der Waals surface area contributed by atoms with Crippen molar-refractivity contribution in [2.75, 3.05) is 18.0 Å². The van der Waals surface area contributed by atoms with Gasteiger partial charge in [0.15, 0.2) is 0 Å². The average Bonchev–Trinajstić information content (AvgIpc) is 3.04. The highest BCUT2D eigenvalue weighted by molar-refractivity contribution is 6.30. The van der Waals surface area contributed by atoms with Crippen LogP contribution < -0.4 is 10.2 Å². The molecule has 0 aromatic heterocycles. The topological polar surface area (TPSA) is 49.4 Å². The van der Waals surface area contributed by atoms with Gasteiger partial charge >= 0.3 is 0 Å². The molecule has 0 fully saturated rings. The fraction of sp³-hybridized carbons (Fsp3) is 0.300. The maximum absolute atomic E-state index is 12.5. The molecule has 2 aromatic carbocycles. The molecule has 0 atom stereocenters. The largest absolute Gasteiger partial charge is 0.352 e. The van der Waals surface area contributed by atoms with Crippen molar-refractivity contribution >= 4 is 29.1 Å². The molecule has 3 rings (SSSR count). The molecule has 1 aliphatic rings. The number of fused-ring (bicyclic) bond motifs is 1. The molecule has 1 N–H and O–H groups in total. The van der Waals surface area contributed by atoms with Crippen LogP contribution in [-0.4, -0.2) is 24.9 Å². The van der Waals surface area contributed by atoms with Crippen LogP contribution in [0.2, 0.25) is 5.02 Å². The Morgan fingerprint density at radius 3 is 2.68 bits per heavy atom. The van der Waals surface area contributed by atoms with Gasteiger partial charge in [-0.3, -0.25) is 9.59 Å². The van der Waals surface area contributed by atoms with Gasteiger partial charge in [0.25, 0.3) is 5.91 Å². The van der Waals surface area contributed by atoms with Crippen molar-refractivity contribution in [1.29, 1.82) is 0 Å². The molecule has 25 heavy (non-hydrogen) atoms. The quantitative estimate of drug-likeness (QED) is 0.829. The van der Waals surface area contributed by atoms with Crippen molar-refractivity contribution in [3.8, 4) is 0 Å². The monoisotopic (exact) mass is 356 g/mol. The van der Waals surface area contributed by atoms with Gasteiger partial charge in [-0.25, -0.2) is 0 Å². The molecule has 0 radical (unpaired) electrons. The molecule has 5 heteroatoms. The Morgan fingerprint density at radius 1 is 1.16 bits per heavy atom. The summed E-state index contributed by atoms with van der Waals surface area (Å²) in [6, 6.07) is 12.9. The van der Waals surface area contributed by atoms with Gasteiger partial charge in [0, 0.05) is 35.8 Å². The van der Waals surface area contributed by atoms with Gasteiger partial charge < -0.3 is 10.2 Å². The van der Waals surface area contributed by atoms with E-state index < -0.39 is 0 Å². The van der Waals surface area contributed by atoms with Crippen molar-refractivity contribution < 1.29 is 9.59 Å². The number of nitrogens with one attached hydrogen (secondary N) is 1. The Hall–Kier alpha value is -2.33. The maximum atomic E-state index is 12.5. The maximum Gasteiger partial charge on any atom is 0.251 e. The fourth-order valence-corrected chi connectivity index (χ4v) is 3.31. The molecule has 0 bridgehead atoms. The smallest absolute Gasteiger partial charge is 0.251 e. The lowest BCUT2D eigenvalue weighted by Crippen LogP contribution is -2.31. The van der Waals surface area contributed by atoms with E-state index in [1.165, 1.54) is 5.56 Å². The minimum Gasteiger partial charge on any atom is -0.352 e. The Morgan fingerprint density at radius 2 is 1.92 bits per heavy atom. The standard InChI is InChI=1S/C20H21ClN2O2/c1-14-4-2-5-15-11-13-23(19(14)15)18(24)6-3-12-22-20(25)16-7-9-17(21)10-8-16/h2,4-5,7-10H,3,6,11-13H2,1H3,(H,22,25). The van der Waals surface area contributed by atoms with Crippen molar-refractivity contribution in [3.05, 3.63) is 64.2 Å². The molecule has 0 unspecified atom stereocenters. The first-order chi connectivity index (χ1) is 12.1. The first-order valence-corrected chi connectivity index (χ1v) is 8.86. The summed E-state index contributed by atoms with van der Waals surface area (Å²) in [5, 5.41) is 3.44. The predicted molar refractivity (Wildman–Crippen MR) is 100 cm³/mol. The number of hydrogen-bond donors (Lipinski definition) is 1. The molecule has 2 aromatic rings. The van der Waals surface area contributed by atoms with Crippen LogP contribution >= 0.6 is 11.6 Å². The lowest BCUT2D eigenvalue weighted by Gasteiger charge is -2.19. The number of carbonyl (C=O) groups is 2. The molecule has 0 saturated heterocycles. The third kappa shape index (κ3) is 4.02. The fourth-order valence-electron chi connectivity index (χ4n) is 3.18. The van der Waals surface area contributed by atoms with Gasteiger partial charge in [-0.05, 0) is 55.2 Å². The molecular weight excluding hydrogens is 336 g/mol. The Labute approximate surface area is 152 Å². The summed E-state index contributed by atoms with van der Waals surface area (Å²) in [6.07, 6.45) is 1.96. The van der Waals surface area contributed by atoms with E-state index in [-0.39, 0.29) is 11.8 Å². The number of rotatable bonds is 5. The lowest BCUT2D eigenvalue weighted by atomic mass is 10.1. The predicted octanol–water partition coefficient (Wildman–Crippen LogP) is 3.75. The Balaban J connectivity index is 1.48. The highest BCUT2D eigenvalue weighted by atomic mass is 35.5. The third-order valence-electron chi connectivity index (χ3n) is 4.46. The second kappa shape index (κ2) is 7.70. The number of carbonyl (C=O) groups excluding carboxylic acids is 2. The second-order valence-electron chi connectivity index (χ2n) is 6.24. The van der Waals surface area contributed by atoms with Crippen LogP contribution in [0.4, 0.5) is 5.69 Å².